The minimum atomic E-state index is 0.0146. The Kier molecular flexibility index (Phi) is 4.34. The maximum atomic E-state index is 5.24. The van der Waals surface area contributed by atoms with Gasteiger partial charge in [-0.2, -0.15) is 0 Å². The Morgan fingerprint density at radius 1 is 0.800 bits per heavy atom. The molecule has 3 heteroatoms. The van der Waals surface area contributed by atoms with Gasteiger partial charge >= 0.3 is 0 Å². The lowest BCUT2D eigenvalue weighted by atomic mass is 9.79. The maximum absolute atomic E-state index is 5.24. The first kappa shape index (κ1) is 20.0. The lowest BCUT2D eigenvalue weighted by Gasteiger charge is -2.26. The molecule has 1 aliphatic heterocycles. The van der Waals surface area contributed by atoms with Gasteiger partial charge in [-0.3, -0.25) is 4.99 Å². The van der Waals surface area contributed by atoms with Crippen molar-refractivity contribution in [1.29, 1.82) is 0 Å². The molecule has 168 valence electrons. The highest BCUT2D eigenvalue weighted by atomic mass is 15.0. The highest BCUT2D eigenvalue weighted by Gasteiger charge is 2.38. The fourth-order valence-electron chi connectivity index (χ4n) is 6.00. The zero-order valence-corrected chi connectivity index (χ0v) is 19.5. The van der Waals surface area contributed by atoms with Gasteiger partial charge in [0.2, 0.25) is 0 Å². The number of benzene rings is 3. The van der Waals surface area contributed by atoms with Gasteiger partial charge in [-0.05, 0) is 29.8 Å². The number of nitrogens with zero attached hydrogens (tertiary/aromatic N) is 3. The lowest BCUT2D eigenvalue weighted by molar-refractivity contribution is 0.782. The van der Waals surface area contributed by atoms with E-state index in [9.17, 15) is 0 Å². The summed E-state index contributed by atoms with van der Waals surface area (Å²) in [7, 11) is 0. The van der Waals surface area contributed by atoms with E-state index >= 15 is 0 Å². The number of fused-ring (bicyclic) bond motifs is 7. The van der Waals surface area contributed by atoms with E-state index in [-0.39, 0.29) is 5.92 Å². The minimum absolute atomic E-state index is 0.0146. The first-order valence-corrected chi connectivity index (χ1v) is 12.1. The summed E-state index contributed by atoms with van der Waals surface area (Å²) in [6.45, 7) is 9.60. The molecular weight excluding hydrogens is 426 g/mol. The number of hydrogen-bond donors (Lipinski definition) is 0. The normalized spacial score (nSPS) is 15.9. The van der Waals surface area contributed by atoms with E-state index in [2.05, 4.69) is 107 Å². The van der Waals surface area contributed by atoms with Gasteiger partial charge in [0.05, 0.1) is 17.3 Å². The second-order valence-corrected chi connectivity index (χ2v) is 9.26. The smallest absolute Gasteiger partial charge is 0.0712 e. The second-order valence-electron chi connectivity index (χ2n) is 9.26. The van der Waals surface area contributed by atoms with Crippen molar-refractivity contribution in [3.8, 4) is 0 Å². The molecule has 35 heavy (non-hydrogen) atoms. The van der Waals surface area contributed by atoms with Crippen LogP contribution < -0.4 is 0 Å². The van der Waals surface area contributed by atoms with Crippen LogP contribution in [0.5, 0.6) is 0 Å². The molecule has 1 unspecified atom stereocenters. The number of aliphatic imine (C=N–C) groups is 1. The second kappa shape index (κ2) is 7.57. The molecule has 3 heterocycles. The van der Waals surface area contributed by atoms with Crippen molar-refractivity contribution < 1.29 is 0 Å². The zero-order valence-electron chi connectivity index (χ0n) is 19.5. The van der Waals surface area contributed by atoms with Crippen LogP contribution in [-0.4, -0.2) is 14.8 Å². The van der Waals surface area contributed by atoms with Crippen molar-refractivity contribution in [2.45, 2.75) is 19.0 Å². The van der Waals surface area contributed by atoms with Crippen molar-refractivity contribution in [2.75, 3.05) is 0 Å². The van der Waals surface area contributed by atoms with Crippen LogP contribution >= 0.6 is 0 Å². The Hall–Kier alpha value is -4.37. The Morgan fingerprint density at radius 3 is 2.34 bits per heavy atom. The van der Waals surface area contributed by atoms with Gasteiger partial charge in [-0.15, -0.1) is 13.2 Å². The Labute approximate surface area is 204 Å². The molecule has 2 aliphatic rings. The van der Waals surface area contributed by atoms with E-state index in [4.69, 9.17) is 4.99 Å². The molecule has 2 aromatic heterocycles. The SMILES string of the molecule is C=CCn1cc(C2C3=Nc4ccccc4C3=Cc3c2n(CC=C)c2ccccc32)c2ccccc21. The highest BCUT2D eigenvalue weighted by molar-refractivity contribution is 6.38. The van der Waals surface area contributed by atoms with E-state index in [0.29, 0.717) is 0 Å². The minimum Gasteiger partial charge on any atom is -0.343 e. The summed E-state index contributed by atoms with van der Waals surface area (Å²) >= 11 is 0. The summed E-state index contributed by atoms with van der Waals surface area (Å²) in [6, 6.07) is 25.9. The standard InChI is InChI=1S/C32H25N3/c1-3-17-34-20-26(23-13-6-9-15-28(23)34)30-31-24(21-11-5-8-14-27(21)33-31)19-25-22-12-7-10-16-29(22)35(18-4-2)32(25)30/h3-16,19-20,30H,1-2,17-18H2. The number of aromatic nitrogens is 2. The van der Waals surface area contributed by atoms with Crippen LogP contribution in [0.2, 0.25) is 0 Å². The maximum Gasteiger partial charge on any atom is 0.0712 e. The molecule has 0 saturated carbocycles. The van der Waals surface area contributed by atoms with Crippen molar-refractivity contribution in [1.82, 2.24) is 9.13 Å². The van der Waals surface area contributed by atoms with E-state index in [1.807, 2.05) is 12.2 Å². The van der Waals surface area contributed by atoms with E-state index in [0.717, 1.165) is 24.5 Å². The molecule has 1 aliphatic carbocycles. The molecule has 1 atom stereocenters. The summed E-state index contributed by atoms with van der Waals surface area (Å²) in [5, 5.41) is 2.54. The van der Waals surface area contributed by atoms with Crippen LogP contribution in [0.3, 0.4) is 0 Å². The lowest BCUT2D eigenvalue weighted by Crippen LogP contribution is -2.21. The third-order valence-electron chi connectivity index (χ3n) is 7.37. The summed E-state index contributed by atoms with van der Waals surface area (Å²) in [4.78, 5) is 5.24. The monoisotopic (exact) mass is 451 g/mol. The van der Waals surface area contributed by atoms with E-state index < -0.39 is 0 Å². The molecule has 0 spiro atoms. The van der Waals surface area contributed by atoms with Crippen molar-refractivity contribution in [3.05, 3.63) is 127 Å². The predicted octanol–water partition coefficient (Wildman–Crippen LogP) is 7.74. The highest BCUT2D eigenvalue weighted by Crippen LogP contribution is 2.50. The summed E-state index contributed by atoms with van der Waals surface area (Å²) in [6.07, 6.45) is 8.63. The molecule has 7 rings (SSSR count). The fourth-order valence-corrected chi connectivity index (χ4v) is 6.00. The Balaban J connectivity index is 1.61. The van der Waals surface area contributed by atoms with E-state index in [1.54, 1.807) is 0 Å². The van der Waals surface area contributed by atoms with Crippen LogP contribution in [0.4, 0.5) is 5.69 Å². The summed E-state index contributed by atoms with van der Waals surface area (Å²) in [5.74, 6) is 0.0146. The first-order chi connectivity index (χ1) is 17.3. The predicted molar refractivity (Wildman–Crippen MR) is 148 cm³/mol. The van der Waals surface area contributed by atoms with Gasteiger partial charge in [0.1, 0.15) is 0 Å². The topological polar surface area (TPSA) is 22.2 Å². The Bertz CT molecular complexity index is 1740. The van der Waals surface area contributed by atoms with Crippen molar-refractivity contribution >= 4 is 44.9 Å². The fraction of sp³-hybridized carbons (Fsp3) is 0.0938. The molecule has 5 aromatic rings. The van der Waals surface area contributed by atoms with Crippen molar-refractivity contribution in [3.63, 3.8) is 0 Å². The number of para-hydroxylation sites is 3. The number of hydrogen-bond acceptors (Lipinski definition) is 1. The van der Waals surface area contributed by atoms with Gasteiger partial charge in [-0.1, -0.05) is 66.7 Å². The molecule has 3 aromatic carbocycles. The number of rotatable bonds is 5. The number of allylic oxidation sites excluding steroid dienone is 3. The molecule has 0 N–H and O–H groups in total. The molecular formula is C32H25N3. The van der Waals surface area contributed by atoms with Crippen LogP contribution in [0.25, 0.3) is 33.5 Å². The van der Waals surface area contributed by atoms with Crippen LogP contribution in [0.1, 0.15) is 28.3 Å². The van der Waals surface area contributed by atoms with E-state index in [1.165, 1.54) is 49.8 Å². The van der Waals surface area contributed by atoms with Gasteiger partial charge in [0, 0.05) is 63.5 Å². The molecule has 0 fully saturated rings. The van der Waals surface area contributed by atoms with Gasteiger partial charge in [0.25, 0.3) is 0 Å². The third-order valence-corrected chi connectivity index (χ3v) is 7.37. The average Bonchev–Trinajstić information content (AvgIpc) is 3.54. The van der Waals surface area contributed by atoms with Crippen molar-refractivity contribution in [2.24, 2.45) is 4.99 Å². The molecule has 0 radical (unpaired) electrons. The van der Waals surface area contributed by atoms with Gasteiger partial charge in [-0.25, -0.2) is 0 Å². The average molecular weight is 452 g/mol. The quantitative estimate of drug-likeness (QED) is 0.244. The third kappa shape index (κ3) is 2.75. The van der Waals surface area contributed by atoms with Crippen LogP contribution in [0, 0.1) is 0 Å². The van der Waals surface area contributed by atoms with Gasteiger partial charge in [0.15, 0.2) is 0 Å². The molecule has 3 nitrogen and oxygen atoms in total. The molecule has 0 saturated heterocycles. The van der Waals surface area contributed by atoms with Crippen LogP contribution in [0.15, 0.2) is 109 Å². The first-order valence-electron chi connectivity index (χ1n) is 12.1. The molecule has 0 amide bonds. The molecule has 0 bridgehead atoms. The van der Waals surface area contributed by atoms with Gasteiger partial charge < -0.3 is 9.13 Å². The largest absolute Gasteiger partial charge is 0.343 e. The summed E-state index contributed by atoms with van der Waals surface area (Å²) in [5.41, 5.74) is 11.0. The Morgan fingerprint density at radius 2 is 1.51 bits per heavy atom. The van der Waals surface area contributed by atoms with Crippen LogP contribution in [-0.2, 0) is 13.1 Å². The zero-order chi connectivity index (χ0) is 23.5. The summed E-state index contributed by atoms with van der Waals surface area (Å²) < 4.78 is 4.74.